The van der Waals surface area contributed by atoms with Crippen molar-refractivity contribution in [3.63, 3.8) is 0 Å². The van der Waals surface area contributed by atoms with Gasteiger partial charge < -0.3 is 5.73 Å². The Labute approximate surface area is 151 Å². The molecule has 0 aliphatic carbocycles. The Morgan fingerprint density at radius 2 is 2.08 bits per heavy atom. The van der Waals surface area contributed by atoms with Gasteiger partial charge in [-0.15, -0.1) is 5.10 Å². The summed E-state index contributed by atoms with van der Waals surface area (Å²) in [6.45, 7) is 4.02. The highest BCUT2D eigenvalue weighted by molar-refractivity contribution is 7.98. The van der Waals surface area contributed by atoms with Crippen LogP contribution in [-0.4, -0.2) is 39.8 Å². The van der Waals surface area contributed by atoms with Crippen LogP contribution in [0.15, 0.2) is 34.2 Å². The van der Waals surface area contributed by atoms with Crippen LogP contribution in [0.3, 0.4) is 0 Å². The van der Waals surface area contributed by atoms with Crippen LogP contribution in [0.5, 0.6) is 0 Å². The van der Waals surface area contributed by atoms with Gasteiger partial charge in [0.15, 0.2) is 0 Å². The maximum atomic E-state index is 12.1. The van der Waals surface area contributed by atoms with Gasteiger partial charge in [-0.1, -0.05) is 23.9 Å². The summed E-state index contributed by atoms with van der Waals surface area (Å²) in [5.74, 6) is 0.794. The van der Waals surface area contributed by atoms with Crippen molar-refractivity contribution in [2.24, 2.45) is 0 Å². The van der Waals surface area contributed by atoms with E-state index in [9.17, 15) is 4.79 Å². The van der Waals surface area contributed by atoms with Crippen LogP contribution >= 0.6 is 11.8 Å². The van der Waals surface area contributed by atoms with Crippen LogP contribution in [0.25, 0.3) is 11.5 Å². The van der Waals surface area contributed by atoms with E-state index in [1.54, 1.807) is 4.68 Å². The topological polar surface area (TPSA) is 133 Å². The average molecular weight is 369 g/mol. The number of nitrogens with one attached hydrogen (secondary N) is 1. The van der Waals surface area contributed by atoms with Crippen molar-refractivity contribution in [3.8, 4) is 5.69 Å². The molecule has 3 N–H and O–H groups in total. The van der Waals surface area contributed by atoms with Crippen molar-refractivity contribution in [2.75, 3.05) is 5.73 Å². The Hall–Kier alpha value is -3.21. The van der Waals surface area contributed by atoms with Gasteiger partial charge in [0.2, 0.25) is 11.1 Å². The molecule has 4 aromatic rings. The van der Waals surface area contributed by atoms with E-state index in [0.29, 0.717) is 16.6 Å². The van der Waals surface area contributed by atoms with Crippen molar-refractivity contribution >= 4 is 23.5 Å². The van der Waals surface area contributed by atoms with Crippen LogP contribution < -0.4 is 11.3 Å². The van der Waals surface area contributed by atoms with Gasteiger partial charge in [0.05, 0.1) is 11.4 Å². The zero-order valence-electron chi connectivity index (χ0n) is 14.0. The molecule has 0 spiro atoms. The number of aryl methyl sites for hydroxylation is 2. The monoisotopic (exact) mass is 369 g/mol. The standard InChI is InChI=1S/C15H15N9OS/c1-8-3-4-9(2)11(5-8)23-15(19-21-22-23)26-7-10-6-12(25)24-14(17-10)18-13(16)20-24/h3-6H,7H2,1-2H3,(H3,16,17,18,20). The minimum Gasteiger partial charge on any atom is -0.368 e. The van der Waals surface area contributed by atoms with Crippen LogP contribution in [0, 0.1) is 13.8 Å². The van der Waals surface area contributed by atoms with E-state index < -0.39 is 0 Å². The smallest absolute Gasteiger partial charge is 0.274 e. The van der Waals surface area contributed by atoms with Gasteiger partial charge >= 0.3 is 0 Å². The number of hydrogen-bond acceptors (Lipinski definition) is 8. The Morgan fingerprint density at radius 1 is 1.23 bits per heavy atom. The van der Waals surface area contributed by atoms with Crippen molar-refractivity contribution in [3.05, 3.63) is 51.4 Å². The molecule has 0 aliphatic heterocycles. The van der Waals surface area contributed by atoms with Gasteiger partial charge in [0.25, 0.3) is 11.3 Å². The number of aromatic nitrogens is 8. The fourth-order valence-electron chi connectivity index (χ4n) is 2.52. The van der Waals surface area contributed by atoms with Gasteiger partial charge in [-0.25, -0.2) is 4.98 Å². The van der Waals surface area contributed by atoms with Gasteiger partial charge in [0.1, 0.15) is 0 Å². The van der Waals surface area contributed by atoms with E-state index in [2.05, 4.69) is 30.6 Å². The first-order chi connectivity index (χ1) is 12.5. The molecule has 0 saturated heterocycles. The number of tetrazole rings is 1. The molecule has 0 saturated carbocycles. The summed E-state index contributed by atoms with van der Waals surface area (Å²) < 4.78 is 2.88. The number of aromatic amines is 1. The molecule has 10 nitrogen and oxygen atoms in total. The summed E-state index contributed by atoms with van der Waals surface area (Å²) in [6.07, 6.45) is 0. The highest BCUT2D eigenvalue weighted by atomic mass is 32.2. The lowest BCUT2D eigenvalue weighted by atomic mass is 10.1. The summed E-state index contributed by atoms with van der Waals surface area (Å²) in [4.78, 5) is 20.4. The number of hydrogen-bond donors (Lipinski definition) is 2. The molecule has 3 aromatic heterocycles. The van der Waals surface area contributed by atoms with Crippen LogP contribution in [0.4, 0.5) is 5.95 Å². The lowest BCUT2D eigenvalue weighted by Gasteiger charge is -2.08. The fraction of sp³-hybridized carbons (Fsp3) is 0.200. The normalized spacial score (nSPS) is 11.3. The zero-order chi connectivity index (χ0) is 18.3. The van der Waals surface area contributed by atoms with Gasteiger partial charge in [0, 0.05) is 11.8 Å². The summed E-state index contributed by atoms with van der Waals surface area (Å²) in [6, 6.07) is 7.53. The first-order valence-electron chi connectivity index (χ1n) is 7.74. The summed E-state index contributed by atoms with van der Waals surface area (Å²) in [5.41, 5.74) is 8.97. The molecular formula is C15H15N9OS. The molecule has 0 amide bonds. The van der Waals surface area contributed by atoms with Crippen molar-refractivity contribution in [1.82, 2.24) is 39.8 Å². The molecule has 0 radical (unpaired) electrons. The third kappa shape index (κ3) is 2.92. The molecular weight excluding hydrogens is 354 g/mol. The second-order valence-corrected chi connectivity index (χ2v) is 6.72. The number of nitrogen functional groups attached to an aromatic ring is 1. The molecule has 132 valence electrons. The largest absolute Gasteiger partial charge is 0.368 e. The molecule has 0 unspecified atom stereocenters. The number of thioether (sulfide) groups is 1. The molecule has 11 heteroatoms. The second kappa shape index (κ2) is 6.26. The number of nitrogens with zero attached hydrogens (tertiary/aromatic N) is 7. The SMILES string of the molecule is Cc1ccc(C)c(-n2nnnc2SCc2cc(=O)n3[nH]c(N)nc3n2)c1. The fourth-order valence-corrected chi connectivity index (χ4v) is 3.30. The molecule has 3 heterocycles. The number of rotatable bonds is 4. The number of H-pyrrole nitrogens is 1. The maximum absolute atomic E-state index is 12.1. The Balaban J connectivity index is 1.63. The summed E-state index contributed by atoms with van der Waals surface area (Å²) in [7, 11) is 0. The van der Waals surface area contributed by atoms with Crippen molar-refractivity contribution in [1.29, 1.82) is 0 Å². The van der Waals surface area contributed by atoms with Crippen LogP contribution in [-0.2, 0) is 5.75 Å². The van der Waals surface area contributed by atoms with Gasteiger partial charge in [-0.3, -0.25) is 9.89 Å². The second-order valence-electron chi connectivity index (χ2n) is 5.78. The minimum atomic E-state index is -0.274. The lowest BCUT2D eigenvalue weighted by Crippen LogP contribution is -2.15. The molecule has 1 aromatic carbocycles. The number of anilines is 1. The van der Waals surface area contributed by atoms with E-state index in [4.69, 9.17) is 5.73 Å². The number of fused-ring (bicyclic) bond motifs is 1. The van der Waals surface area contributed by atoms with E-state index in [1.807, 2.05) is 32.0 Å². The number of nitrogens with two attached hydrogens (primary N) is 1. The summed E-state index contributed by atoms with van der Waals surface area (Å²) in [5, 5.41) is 15.2. The predicted octanol–water partition coefficient (Wildman–Crippen LogP) is 0.885. The zero-order valence-corrected chi connectivity index (χ0v) is 14.9. The lowest BCUT2D eigenvalue weighted by molar-refractivity contribution is 0.751. The van der Waals surface area contributed by atoms with Crippen molar-refractivity contribution < 1.29 is 0 Å². The Morgan fingerprint density at radius 3 is 2.92 bits per heavy atom. The molecule has 26 heavy (non-hydrogen) atoms. The quantitative estimate of drug-likeness (QED) is 0.507. The highest BCUT2D eigenvalue weighted by Crippen LogP contribution is 2.23. The third-order valence-electron chi connectivity index (χ3n) is 3.78. The highest BCUT2D eigenvalue weighted by Gasteiger charge is 2.13. The van der Waals surface area contributed by atoms with Crippen LogP contribution in [0.2, 0.25) is 0 Å². The first-order valence-corrected chi connectivity index (χ1v) is 8.73. The van der Waals surface area contributed by atoms with Gasteiger partial charge in [-0.2, -0.15) is 14.2 Å². The number of benzene rings is 1. The summed E-state index contributed by atoms with van der Waals surface area (Å²) >= 11 is 1.39. The molecule has 0 fully saturated rings. The Bertz CT molecular complexity index is 1160. The first kappa shape index (κ1) is 16.3. The molecule has 0 aliphatic rings. The maximum Gasteiger partial charge on any atom is 0.274 e. The minimum absolute atomic E-state index is 0.137. The van der Waals surface area contributed by atoms with E-state index in [0.717, 1.165) is 16.8 Å². The van der Waals surface area contributed by atoms with Crippen LogP contribution in [0.1, 0.15) is 16.8 Å². The van der Waals surface area contributed by atoms with Crippen molar-refractivity contribution in [2.45, 2.75) is 24.8 Å². The van der Waals surface area contributed by atoms with Gasteiger partial charge in [-0.05, 0) is 41.5 Å². The molecule has 0 atom stereocenters. The van der Waals surface area contributed by atoms with E-state index in [-0.39, 0.29) is 17.3 Å². The van der Waals surface area contributed by atoms with E-state index >= 15 is 0 Å². The predicted molar refractivity (Wildman–Crippen MR) is 96.2 cm³/mol. The Kier molecular flexibility index (Phi) is 3.92. The molecule has 0 bridgehead atoms. The third-order valence-corrected chi connectivity index (χ3v) is 4.74. The average Bonchev–Trinajstić information content (AvgIpc) is 3.21. The molecule has 4 rings (SSSR count). The van der Waals surface area contributed by atoms with E-state index in [1.165, 1.54) is 22.3 Å².